The highest BCUT2D eigenvalue weighted by Gasteiger charge is 2.08. The number of nitrogens with one attached hydrogen (secondary N) is 2. The number of nitrogens with zero attached hydrogens (tertiary/aromatic N) is 1. The van der Waals surface area contributed by atoms with E-state index in [1.54, 1.807) is 25.5 Å². The second kappa shape index (κ2) is 12.4. The summed E-state index contributed by atoms with van der Waals surface area (Å²) < 4.78 is 5.40. The van der Waals surface area contributed by atoms with Crippen LogP contribution in [0.25, 0.3) is 0 Å². The fraction of sp³-hybridized carbons (Fsp3) is 0.389. The van der Waals surface area contributed by atoms with Crippen LogP contribution in [0.1, 0.15) is 11.8 Å². The highest BCUT2D eigenvalue weighted by Crippen LogP contribution is 2.29. The molecule has 1 unspecified atom stereocenters. The van der Waals surface area contributed by atoms with E-state index in [2.05, 4.69) is 46.1 Å². The summed E-state index contributed by atoms with van der Waals surface area (Å²) in [6.45, 7) is 3.93. The van der Waals surface area contributed by atoms with Crippen LogP contribution in [0.5, 0.6) is 5.75 Å². The average Bonchev–Trinajstić information content (AvgIpc) is 3.13. The van der Waals surface area contributed by atoms with Crippen LogP contribution in [0.15, 0.2) is 51.7 Å². The van der Waals surface area contributed by atoms with Crippen molar-refractivity contribution in [3.63, 3.8) is 0 Å². The number of methoxy groups -OCH3 is 1. The van der Waals surface area contributed by atoms with E-state index in [9.17, 15) is 0 Å². The minimum absolute atomic E-state index is 0. The number of thioether (sulfide) groups is 1. The van der Waals surface area contributed by atoms with Gasteiger partial charge in [0.25, 0.3) is 0 Å². The second-order valence-electron chi connectivity index (χ2n) is 5.45. The molecule has 0 fully saturated rings. The average molecular weight is 491 g/mol. The molecule has 2 N–H and O–H groups in total. The van der Waals surface area contributed by atoms with E-state index in [1.165, 1.54) is 9.77 Å². The first-order valence-corrected chi connectivity index (χ1v) is 9.82. The normalized spacial score (nSPS) is 12.2. The van der Waals surface area contributed by atoms with Gasteiger partial charge in [0.05, 0.1) is 13.7 Å². The number of rotatable bonds is 8. The maximum atomic E-state index is 5.40. The van der Waals surface area contributed by atoms with Gasteiger partial charge in [-0.1, -0.05) is 25.1 Å². The zero-order valence-electron chi connectivity index (χ0n) is 14.8. The summed E-state index contributed by atoms with van der Waals surface area (Å²) in [5, 5.41) is 8.82. The predicted octanol–water partition coefficient (Wildman–Crippen LogP) is 4.47. The lowest BCUT2D eigenvalue weighted by Gasteiger charge is -2.16. The van der Waals surface area contributed by atoms with Gasteiger partial charge >= 0.3 is 0 Å². The van der Waals surface area contributed by atoms with Crippen molar-refractivity contribution in [1.29, 1.82) is 0 Å². The highest BCUT2D eigenvalue weighted by atomic mass is 127. The third-order valence-corrected chi connectivity index (χ3v) is 5.70. The van der Waals surface area contributed by atoms with Crippen molar-refractivity contribution in [3.05, 3.63) is 46.7 Å². The Bertz CT molecular complexity index is 635. The summed E-state index contributed by atoms with van der Waals surface area (Å²) in [6, 6.07) is 12.3. The van der Waals surface area contributed by atoms with E-state index in [4.69, 9.17) is 4.74 Å². The van der Waals surface area contributed by atoms with E-state index in [0.717, 1.165) is 30.6 Å². The van der Waals surface area contributed by atoms with Gasteiger partial charge in [-0.3, -0.25) is 4.99 Å². The smallest absolute Gasteiger partial charge is 0.191 e. The van der Waals surface area contributed by atoms with Crippen LogP contribution in [0.3, 0.4) is 0 Å². The molecule has 1 atom stereocenters. The summed E-state index contributed by atoms with van der Waals surface area (Å²) in [7, 11) is 3.52. The van der Waals surface area contributed by atoms with Crippen LogP contribution in [0, 0.1) is 5.92 Å². The van der Waals surface area contributed by atoms with Gasteiger partial charge in [-0.15, -0.1) is 47.1 Å². The number of halogens is 1. The Morgan fingerprint density at radius 1 is 1.24 bits per heavy atom. The first-order chi connectivity index (χ1) is 11.7. The minimum Gasteiger partial charge on any atom is -0.496 e. The SMILES string of the molecule is CN=C(NCc1cccs1)NCC(C)CSc1ccccc1OC.I. The standard InChI is InChI=1S/C18H25N3OS2.HI/c1-14(13-24-17-9-5-4-8-16(17)22-3)11-20-18(19-2)21-12-15-7-6-10-23-15;/h4-10,14H,11-13H2,1-3H3,(H2,19,20,21);1H. The molecular formula is C18H26IN3OS2. The fourth-order valence-corrected chi connectivity index (χ4v) is 3.80. The van der Waals surface area contributed by atoms with Crippen molar-refractivity contribution in [3.8, 4) is 5.75 Å². The molecule has 0 aliphatic rings. The van der Waals surface area contributed by atoms with Gasteiger partial charge in [0, 0.05) is 29.1 Å². The molecule has 0 amide bonds. The molecule has 2 rings (SSSR count). The number of benzene rings is 1. The first kappa shape index (κ1) is 22.1. The number of aliphatic imine (C=N–C) groups is 1. The topological polar surface area (TPSA) is 45.7 Å². The highest BCUT2D eigenvalue weighted by molar-refractivity contribution is 14.0. The van der Waals surface area contributed by atoms with Gasteiger partial charge in [0.15, 0.2) is 5.96 Å². The van der Waals surface area contributed by atoms with Crippen molar-refractivity contribution in [2.45, 2.75) is 18.4 Å². The molecule has 1 heterocycles. The van der Waals surface area contributed by atoms with Gasteiger partial charge in [-0.25, -0.2) is 0 Å². The third-order valence-electron chi connectivity index (χ3n) is 3.44. The van der Waals surface area contributed by atoms with Gasteiger partial charge in [0.2, 0.25) is 0 Å². The minimum atomic E-state index is 0. The molecule has 0 saturated carbocycles. The van der Waals surface area contributed by atoms with Crippen LogP contribution in [-0.4, -0.2) is 32.4 Å². The third kappa shape index (κ3) is 7.87. The zero-order valence-corrected chi connectivity index (χ0v) is 18.8. The quantitative estimate of drug-likeness (QED) is 0.248. The van der Waals surface area contributed by atoms with Crippen molar-refractivity contribution in [2.24, 2.45) is 10.9 Å². The Kier molecular flexibility index (Phi) is 11.0. The molecule has 4 nitrogen and oxygen atoms in total. The lowest BCUT2D eigenvalue weighted by atomic mass is 10.2. The van der Waals surface area contributed by atoms with Gasteiger partial charge in [-0.2, -0.15) is 0 Å². The number of thiophene rings is 1. The maximum absolute atomic E-state index is 5.40. The van der Waals surface area contributed by atoms with Crippen LogP contribution < -0.4 is 15.4 Å². The van der Waals surface area contributed by atoms with Gasteiger partial charge in [0.1, 0.15) is 5.75 Å². The Balaban J connectivity index is 0.00000312. The molecule has 2 aromatic rings. The van der Waals surface area contributed by atoms with Crippen LogP contribution >= 0.6 is 47.1 Å². The number of guanidine groups is 1. The summed E-state index contributed by atoms with van der Waals surface area (Å²) in [5.74, 6) is 3.32. The summed E-state index contributed by atoms with van der Waals surface area (Å²) in [4.78, 5) is 6.77. The van der Waals surface area contributed by atoms with Crippen LogP contribution in [-0.2, 0) is 6.54 Å². The monoisotopic (exact) mass is 491 g/mol. The van der Waals surface area contributed by atoms with E-state index in [-0.39, 0.29) is 24.0 Å². The largest absolute Gasteiger partial charge is 0.496 e. The maximum Gasteiger partial charge on any atom is 0.191 e. The molecule has 1 aromatic carbocycles. The number of para-hydroxylation sites is 1. The molecule has 0 bridgehead atoms. The van der Waals surface area contributed by atoms with Crippen LogP contribution in [0.2, 0.25) is 0 Å². The van der Waals surface area contributed by atoms with E-state index < -0.39 is 0 Å². The molecule has 0 aliphatic carbocycles. The van der Waals surface area contributed by atoms with Crippen LogP contribution in [0.4, 0.5) is 0 Å². The summed E-state index contributed by atoms with van der Waals surface area (Å²) >= 11 is 3.58. The number of ether oxygens (including phenoxy) is 1. The predicted molar refractivity (Wildman–Crippen MR) is 121 cm³/mol. The van der Waals surface area contributed by atoms with Gasteiger partial charge in [-0.05, 0) is 29.5 Å². The van der Waals surface area contributed by atoms with Crippen molar-refractivity contribution >= 4 is 53.0 Å². The lowest BCUT2D eigenvalue weighted by Crippen LogP contribution is -2.39. The fourth-order valence-electron chi connectivity index (χ4n) is 2.10. The molecule has 0 aliphatic heterocycles. The first-order valence-electron chi connectivity index (χ1n) is 7.95. The second-order valence-corrected chi connectivity index (χ2v) is 7.55. The molecule has 0 radical (unpaired) electrons. The molecule has 0 saturated heterocycles. The molecule has 0 spiro atoms. The Labute approximate surface area is 175 Å². The summed E-state index contributed by atoms with van der Waals surface area (Å²) in [6.07, 6.45) is 0. The van der Waals surface area contributed by atoms with Crippen molar-refractivity contribution in [1.82, 2.24) is 10.6 Å². The van der Waals surface area contributed by atoms with E-state index in [0.29, 0.717) is 5.92 Å². The Morgan fingerprint density at radius 3 is 2.72 bits per heavy atom. The molecule has 138 valence electrons. The lowest BCUT2D eigenvalue weighted by molar-refractivity contribution is 0.405. The number of hydrogen-bond acceptors (Lipinski definition) is 4. The van der Waals surface area contributed by atoms with Crippen molar-refractivity contribution in [2.75, 3.05) is 26.5 Å². The Morgan fingerprint density at radius 2 is 2.04 bits per heavy atom. The van der Waals surface area contributed by atoms with Gasteiger partial charge < -0.3 is 15.4 Å². The zero-order chi connectivity index (χ0) is 17.2. The van der Waals surface area contributed by atoms with E-state index in [1.807, 2.05) is 30.0 Å². The van der Waals surface area contributed by atoms with Crippen molar-refractivity contribution < 1.29 is 4.74 Å². The molecule has 1 aromatic heterocycles. The molecular weight excluding hydrogens is 465 g/mol. The molecule has 7 heteroatoms. The summed E-state index contributed by atoms with van der Waals surface area (Å²) in [5.41, 5.74) is 0. The van der Waals surface area contributed by atoms with E-state index >= 15 is 0 Å². The Hall–Kier alpha value is -0.930. The number of hydrogen-bond donors (Lipinski definition) is 2. The molecule has 25 heavy (non-hydrogen) atoms.